The van der Waals surface area contributed by atoms with Crippen LogP contribution in [0.1, 0.15) is 11.3 Å². The number of sulfone groups is 1. The van der Waals surface area contributed by atoms with Gasteiger partial charge in [-0.15, -0.1) is 0 Å². The van der Waals surface area contributed by atoms with Crippen LogP contribution in [0.5, 0.6) is 0 Å². The van der Waals surface area contributed by atoms with Gasteiger partial charge in [0.2, 0.25) is 0 Å². The van der Waals surface area contributed by atoms with Crippen molar-refractivity contribution in [3.8, 4) is 16.9 Å². The smallest absolute Gasteiger partial charge is 0.314 e. The topological polar surface area (TPSA) is 85.4 Å². The average molecular weight is 430 g/mol. The van der Waals surface area contributed by atoms with Gasteiger partial charge in [-0.25, -0.2) is 17.6 Å². The molecule has 0 aliphatic rings. The van der Waals surface area contributed by atoms with Crippen molar-refractivity contribution in [2.45, 2.75) is 18.2 Å². The molecule has 6 nitrogen and oxygen atoms in total. The number of hydrogen-bond acceptors (Lipinski definition) is 3. The first-order valence-electron chi connectivity index (χ1n) is 9.36. The van der Waals surface area contributed by atoms with Crippen molar-refractivity contribution in [3.63, 3.8) is 0 Å². The minimum Gasteiger partial charge on any atom is -0.351 e. The summed E-state index contributed by atoms with van der Waals surface area (Å²) >= 11 is 0. The Morgan fingerprint density at radius 2 is 1.70 bits per heavy atom. The number of halogens is 1. The molecule has 2 amide bonds. The molecule has 0 saturated carbocycles. The SMILES string of the molecule is Cc1c(CCN(C)C(N)=O)cc(-c2ccc(S(C)(=O)=O)cc2)n1-c1ccc(F)cc1. The Balaban J connectivity index is 2.09. The second-order valence-corrected chi connectivity index (χ2v) is 9.27. The average Bonchev–Trinajstić information content (AvgIpc) is 3.02. The monoisotopic (exact) mass is 429 g/mol. The molecule has 3 rings (SSSR count). The summed E-state index contributed by atoms with van der Waals surface area (Å²) in [6, 6.07) is 14.3. The van der Waals surface area contributed by atoms with Crippen molar-refractivity contribution in [2.75, 3.05) is 19.8 Å². The molecule has 0 fully saturated rings. The lowest BCUT2D eigenvalue weighted by Gasteiger charge is -2.14. The fourth-order valence-corrected chi connectivity index (χ4v) is 3.95. The van der Waals surface area contributed by atoms with Gasteiger partial charge in [-0.1, -0.05) is 12.1 Å². The number of benzene rings is 2. The van der Waals surface area contributed by atoms with Crippen LogP contribution in [0.2, 0.25) is 0 Å². The number of nitrogens with two attached hydrogens (primary N) is 1. The molecule has 158 valence electrons. The normalized spacial score (nSPS) is 11.5. The van der Waals surface area contributed by atoms with Crippen LogP contribution in [0.25, 0.3) is 16.9 Å². The highest BCUT2D eigenvalue weighted by Crippen LogP contribution is 2.30. The van der Waals surface area contributed by atoms with Crippen molar-refractivity contribution in [1.82, 2.24) is 9.47 Å². The van der Waals surface area contributed by atoms with Crippen LogP contribution in [-0.4, -0.2) is 43.8 Å². The van der Waals surface area contributed by atoms with Gasteiger partial charge < -0.3 is 15.2 Å². The maximum absolute atomic E-state index is 13.5. The van der Waals surface area contributed by atoms with Gasteiger partial charge in [0.1, 0.15) is 5.82 Å². The van der Waals surface area contributed by atoms with Gasteiger partial charge in [-0.3, -0.25) is 0 Å². The van der Waals surface area contributed by atoms with Crippen LogP contribution >= 0.6 is 0 Å². The highest BCUT2D eigenvalue weighted by Gasteiger charge is 2.17. The van der Waals surface area contributed by atoms with E-state index in [-0.39, 0.29) is 10.7 Å². The van der Waals surface area contributed by atoms with Gasteiger partial charge in [0.05, 0.1) is 10.6 Å². The van der Waals surface area contributed by atoms with E-state index in [2.05, 4.69) is 0 Å². The summed E-state index contributed by atoms with van der Waals surface area (Å²) in [7, 11) is -1.66. The van der Waals surface area contributed by atoms with Gasteiger partial charge in [-0.05, 0) is 66.9 Å². The number of urea groups is 1. The minimum atomic E-state index is -3.30. The van der Waals surface area contributed by atoms with Crippen LogP contribution in [0.4, 0.5) is 9.18 Å². The Kier molecular flexibility index (Phi) is 5.98. The fraction of sp³-hybridized carbons (Fsp3) is 0.227. The number of carbonyl (C=O) groups is 1. The van der Waals surface area contributed by atoms with Crippen molar-refractivity contribution >= 4 is 15.9 Å². The van der Waals surface area contributed by atoms with E-state index in [0.717, 1.165) is 28.2 Å². The molecule has 30 heavy (non-hydrogen) atoms. The van der Waals surface area contributed by atoms with Crippen molar-refractivity contribution in [1.29, 1.82) is 0 Å². The highest BCUT2D eigenvalue weighted by molar-refractivity contribution is 7.90. The Morgan fingerprint density at radius 3 is 2.23 bits per heavy atom. The largest absolute Gasteiger partial charge is 0.351 e. The number of primary amides is 1. The molecular formula is C22H24FN3O3S. The molecule has 0 aliphatic carbocycles. The molecular weight excluding hydrogens is 405 g/mol. The molecule has 0 bridgehead atoms. The number of hydrogen-bond donors (Lipinski definition) is 1. The zero-order valence-electron chi connectivity index (χ0n) is 17.1. The summed E-state index contributed by atoms with van der Waals surface area (Å²) in [5, 5.41) is 0. The summed E-state index contributed by atoms with van der Waals surface area (Å²) in [6.45, 7) is 2.41. The van der Waals surface area contributed by atoms with Gasteiger partial charge in [0.25, 0.3) is 0 Å². The molecule has 0 atom stereocenters. The first kappa shape index (κ1) is 21.6. The van der Waals surface area contributed by atoms with Gasteiger partial charge >= 0.3 is 6.03 Å². The van der Waals surface area contributed by atoms with Crippen molar-refractivity contribution < 1.29 is 17.6 Å². The molecule has 0 spiro atoms. The van der Waals surface area contributed by atoms with Crippen LogP contribution in [-0.2, 0) is 16.3 Å². The molecule has 0 saturated heterocycles. The Labute approximate surface area is 175 Å². The van der Waals surface area contributed by atoms with E-state index < -0.39 is 15.9 Å². The van der Waals surface area contributed by atoms with Gasteiger partial charge in [-0.2, -0.15) is 0 Å². The summed E-state index contributed by atoms with van der Waals surface area (Å²) in [4.78, 5) is 13.0. The first-order chi connectivity index (χ1) is 14.1. The predicted octanol–water partition coefficient (Wildman–Crippen LogP) is 3.55. The van der Waals surface area contributed by atoms with Crippen LogP contribution in [0.15, 0.2) is 59.5 Å². The van der Waals surface area contributed by atoms with Crippen molar-refractivity contribution in [2.24, 2.45) is 5.73 Å². The lowest BCUT2D eigenvalue weighted by molar-refractivity contribution is 0.219. The molecule has 2 aromatic carbocycles. The summed E-state index contributed by atoms with van der Waals surface area (Å²) < 4.78 is 39.0. The summed E-state index contributed by atoms with van der Waals surface area (Å²) in [6.07, 6.45) is 1.76. The zero-order chi connectivity index (χ0) is 22.1. The Morgan fingerprint density at radius 1 is 1.10 bits per heavy atom. The minimum absolute atomic E-state index is 0.242. The second kappa shape index (κ2) is 8.31. The molecule has 0 unspecified atom stereocenters. The number of aromatic nitrogens is 1. The third-order valence-corrected chi connectivity index (χ3v) is 6.24. The lowest BCUT2D eigenvalue weighted by atomic mass is 10.1. The summed E-state index contributed by atoms with van der Waals surface area (Å²) in [5.74, 6) is -0.328. The zero-order valence-corrected chi connectivity index (χ0v) is 17.9. The van der Waals surface area contributed by atoms with E-state index in [1.807, 2.05) is 17.6 Å². The van der Waals surface area contributed by atoms with Crippen LogP contribution < -0.4 is 5.73 Å². The molecule has 8 heteroatoms. The Hall–Kier alpha value is -3.13. The van der Waals surface area contributed by atoms with Crippen LogP contribution in [0.3, 0.4) is 0 Å². The van der Waals surface area contributed by atoms with Gasteiger partial charge in [0.15, 0.2) is 9.84 Å². The summed E-state index contributed by atoms with van der Waals surface area (Å²) in [5.41, 5.74) is 9.72. The fourth-order valence-electron chi connectivity index (χ4n) is 3.32. The maximum Gasteiger partial charge on any atom is 0.314 e. The number of rotatable bonds is 6. The third kappa shape index (κ3) is 4.54. The molecule has 2 N–H and O–H groups in total. The number of amides is 2. The molecule has 1 aromatic heterocycles. The van der Waals surface area contributed by atoms with E-state index in [1.54, 1.807) is 43.4 Å². The van der Waals surface area contributed by atoms with E-state index in [1.165, 1.54) is 23.3 Å². The lowest BCUT2D eigenvalue weighted by Crippen LogP contribution is -2.33. The number of nitrogens with zero attached hydrogens (tertiary/aromatic N) is 2. The quantitative estimate of drug-likeness (QED) is 0.650. The molecule has 0 radical (unpaired) electrons. The molecule has 0 aliphatic heterocycles. The van der Waals surface area contributed by atoms with E-state index in [0.29, 0.717) is 13.0 Å². The first-order valence-corrected chi connectivity index (χ1v) is 11.3. The molecule has 3 aromatic rings. The van der Waals surface area contributed by atoms with E-state index in [9.17, 15) is 17.6 Å². The number of carbonyl (C=O) groups excluding carboxylic acids is 1. The predicted molar refractivity (Wildman–Crippen MR) is 115 cm³/mol. The van der Waals surface area contributed by atoms with E-state index >= 15 is 0 Å². The molecule has 1 heterocycles. The second-order valence-electron chi connectivity index (χ2n) is 7.26. The third-order valence-electron chi connectivity index (χ3n) is 5.11. The number of likely N-dealkylation sites (N-methyl/N-ethyl adjacent to an activating group) is 1. The Bertz CT molecular complexity index is 1170. The highest BCUT2D eigenvalue weighted by atomic mass is 32.2. The standard InChI is InChI=1S/C22H24FN3O3S/c1-15-17(12-13-25(2)22(24)27)14-21(26(15)19-8-6-18(23)7-9-19)16-4-10-20(11-5-16)30(3,28)29/h4-11,14H,12-13H2,1-3H3,(H2,24,27). The van der Waals surface area contributed by atoms with Gasteiger partial charge in [0, 0.05) is 31.2 Å². The maximum atomic E-state index is 13.5. The van der Waals surface area contributed by atoms with Crippen LogP contribution in [0, 0.1) is 12.7 Å². The van der Waals surface area contributed by atoms with Crippen molar-refractivity contribution in [3.05, 3.63) is 71.7 Å². The van der Waals surface area contributed by atoms with E-state index in [4.69, 9.17) is 5.73 Å².